The van der Waals surface area contributed by atoms with Crippen LogP contribution in [0.2, 0.25) is 5.02 Å². The van der Waals surface area contributed by atoms with Crippen molar-refractivity contribution in [1.82, 2.24) is 5.32 Å². The molecule has 0 saturated carbocycles. The van der Waals surface area contributed by atoms with Crippen molar-refractivity contribution in [3.05, 3.63) is 64.7 Å². The highest BCUT2D eigenvalue weighted by Gasteiger charge is 2.13. The third-order valence-corrected chi connectivity index (χ3v) is 4.27. The van der Waals surface area contributed by atoms with E-state index in [1.54, 1.807) is 31.2 Å². The Kier molecular flexibility index (Phi) is 7.89. The zero-order chi connectivity index (χ0) is 20.5. The van der Waals surface area contributed by atoms with Crippen LogP contribution in [0.15, 0.2) is 48.5 Å². The number of carbonyl (C=O) groups excluding carboxylic acids is 2. The van der Waals surface area contributed by atoms with Crippen LogP contribution in [0.1, 0.15) is 24.1 Å². The van der Waals surface area contributed by atoms with Crippen molar-refractivity contribution in [2.45, 2.75) is 13.0 Å². The molecule has 2 rings (SSSR count). The molecule has 6 nitrogen and oxygen atoms in total. The summed E-state index contributed by atoms with van der Waals surface area (Å²) in [7, 11) is 3.04. The van der Waals surface area contributed by atoms with Gasteiger partial charge in [-0.1, -0.05) is 41.9 Å². The molecule has 28 heavy (non-hydrogen) atoms. The minimum Gasteiger partial charge on any atom is -0.493 e. The van der Waals surface area contributed by atoms with Gasteiger partial charge in [-0.05, 0) is 30.7 Å². The topological polar surface area (TPSA) is 73.9 Å². The van der Waals surface area contributed by atoms with Gasteiger partial charge < -0.3 is 19.5 Å². The van der Waals surface area contributed by atoms with Crippen LogP contribution in [0.3, 0.4) is 0 Å². The van der Waals surface area contributed by atoms with E-state index in [2.05, 4.69) is 5.32 Å². The number of hydrogen-bond acceptors (Lipinski definition) is 5. The second-order valence-electron chi connectivity index (χ2n) is 5.83. The summed E-state index contributed by atoms with van der Waals surface area (Å²) in [4.78, 5) is 23.9. The first-order chi connectivity index (χ1) is 13.5. The van der Waals surface area contributed by atoms with Gasteiger partial charge in [-0.3, -0.25) is 4.79 Å². The summed E-state index contributed by atoms with van der Waals surface area (Å²) in [5.74, 6) is -0.0233. The fourth-order valence-electron chi connectivity index (χ4n) is 2.57. The molecule has 2 aromatic rings. The molecule has 7 heteroatoms. The van der Waals surface area contributed by atoms with Gasteiger partial charge in [0.15, 0.2) is 18.1 Å². The highest BCUT2D eigenvalue weighted by Crippen LogP contribution is 2.31. The Balaban J connectivity index is 1.89. The number of benzene rings is 2. The van der Waals surface area contributed by atoms with E-state index in [1.807, 2.05) is 18.2 Å². The standard InChI is InChI=1S/C21H22ClNO5/c1-14(16-8-4-5-9-17(16)22)23-19(24)13-28-20(25)12-11-15-7-6-10-18(26-2)21(15)27-3/h4-12,14H,13H2,1-3H3,(H,23,24)/b12-11+/t14-/m1/s1. The van der Waals surface area contributed by atoms with Gasteiger partial charge in [0.25, 0.3) is 5.91 Å². The molecule has 0 aliphatic heterocycles. The van der Waals surface area contributed by atoms with E-state index >= 15 is 0 Å². The third kappa shape index (κ3) is 5.76. The third-order valence-electron chi connectivity index (χ3n) is 3.93. The van der Waals surface area contributed by atoms with Gasteiger partial charge in [0.1, 0.15) is 0 Å². The van der Waals surface area contributed by atoms with Gasteiger partial charge >= 0.3 is 5.97 Å². The fourth-order valence-corrected chi connectivity index (χ4v) is 2.87. The number of rotatable bonds is 8. The zero-order valence-electron chi connectivity index (χ0n) is 15.9. The van der Waals surface area contributed by atoms with Crippen LogP contribution >= 0.6 is 11.6 Å². The average molecular weight is 404 g/mol. The van der Waals surface area contributed by atoms with Crippen LogP contribution < -0.4 is 14.8 Å². The molecule has 0 saturated heterocycles. The van der Waals surface area contributed by atoms with Gasteiger partial charge in [-0.2, -0.15) is 0 Å². The van der Waals surface area contributed by atoms with Crippen molar-refractivity contribution in [3.63, 3.8) is 0 Å². The zero-order valence-corrected chi connectivity index (χ0v) is 16.7. The number of para-hydroxylation sites is 1. The molecule has 0 spiro atoms. The van der Waals surface area contributed by atoms with Crippen LogP contribution in [0.25, 0.3) is 6.08 Å². The van der Waals surface area contributed by atoms with Gasteiger partial charge in [-0.25, -0.2) is 4.79 Å². The van der Waals surface area contributed by atoms with E-state index < -0.39 is 18.5 Å². The molecule has 1 amide bonds. The first-order valence-electron chi connectivity index (χ1n) is 8.56. The van der Waals surface area contributed by atoms with E-state index in [-0.39, 0.29) is 6.04 Å². The van der Waals surface area contributed by atoms with Crippen LogP contribution in [0, 0.1) is 0 Å². The molecular weight excluding hydrogens is 382 g/mol. The van der Waals surface area contributed by atoms with Crippen LogP contribution in [0.5, 0.6) is 11.5 Å². The molecule has 2 aromatic carbocycles. The van der Waals surface area contributed by atoms with Crippen molar-refractivity contribution in [2.75, 3.05) is 20.8 Å². The maximum Gasteiger partial charge on any atom is 0.331 e. The van der Waals surface area contributed by atoms with E-state index in [4.69, 9.17) is 25.8 Å². The van der Waals surface area contributed by atoms with Crippen LogP contribution in [-0.2, 0) is 14.3 Å². The summed E-state index contributed by atoms with van der Waals surface area (Å²) in [5.41, 5.74) is 1.43. The fraction of sp³-hybridized carbons (Fsp3) is 0.238. The van der Waals surface area contributed by atoms with Crippen molar-refractivity contribution in [2.24, 2.45) is 0 Å². The lowest BCUT2D eigenvalue weighted by atomic mass is 10.1. The number of hydrogen-bond donors (Lipinski definition) is 1. The molecule has 1 atom stereocenters. The Morgan fingerprint density at radius 1 is 1.11 bits per heavy atom. The minimum absolute atomic E-state index is 0.309. The number of nitrogens with one attached hydrogen (secondary N) is 1. The highest BCUT2D eigenvalue weighted by atomic mass is 35.5. The molecule has 0 aliphatic rings. The molecule has 0 aliphatic carbocycles. The average Bonchev–Trinajstić information content (AvgIpc) is 2.70. The summed E-state index contributed by atoms with van der Waals surface area (Å²) < 4.78 is 15.5. The lowest BCUT2D eigenvalue weighted by Crippen LogP contribution is -2.31. The Morgan fingerprint density at radius 2 is 1.86 bits per heavy atom. The van der Waals surface area contributed by atoms with Crippen LogP contribution in [-0.4, -0.2) is 32.7 Å². The molecule has 0 heterocycles. The SMILES string of the molecule is COc1cccc(/C=C/C(=O)OCC(=O)N[C@H](C)c2ccccc2Cl)c1OC. The monoisotopic (exact) mass is 403 g/mol. The Bertz CT molecular complexity index is 866. The second-order valence-corrected chi connectivity index (χ2v) is 6.24. The predicted molar refractivity (Wildman–Crippen MR) is 108 cm³/mol. The molecular formula is C21H22ClNO5. The first-order valence-corrected chi connectivity index (χ1v) is 8.93. The maximum atomic E-state index is 12.0. The quantitative estimate of drug-likeness (QED) is 0.536. The van der Waals surface area contributed by atoms with Crippen molar-refractivity contribution >= 4 is 29.6 Å². The van der Waals surface area contributed by atoms with Gasteiger partial charge in [-0.15, -0.1) is 0 Å². The number of halogens is 1. The number of ether oxygens (including phenoxy) is 3. The van der Waals surface area contributed by atoms with Gasteiger partial charge in [0.2, 0.25) is 0 Å². The molecule has 0 aromatic heterocycles. The first kappa shape index (κ1) is 21.3. The molecule has 148 valence electrons. The van der Waals surface area contributed by atoms with Crippen molar-refractivity contribution < 1.29 is 23.8 Å². The largest absolute Gasteiger partial charge is 0.493 e. The van der Waals surface area contributed by atoms with Crippen molar-refractivity contribution in [3.8, 4) is 11.5 Å². The molecule has 0 bridgehead atoms. The summed E-state index contributed by atoms with van der Waals surface area (Å²) in [6.45, 7) is 1.41. The lowest BCUT2D eigenvalue weighted by molar-refractivity contribution is -0.144. The van der Waals surface area contributed by atoms with Gasteiger partial charge in [0, 0.05) is 16.7 Å². The van der Waals surface area contributed by atoms with E-state index in [0.29, 0.717) is 22.1 Å². The Labute approximate surface area is 169 Å². The highest BCUT2D eigenvalue weighted by molar-refractivity contribution is 6.31. The smallest absolute Gasteiger partial charge is 0.331 e. The summed E-state index contributed by atoms with van der Waals surface area (Å²) in [6, 6.07) is 12.2. The molecule has 0 radical (unpaired) electrons. The van der Waals surface area contributed by atoms with E-state index in [1.165, 1.54) is 26.4 Å². The van der Waals surface area contributed by atoms with Crippen molar-refractivity contribution in [1.29, 1.82) is 0 Å². The number of esters is 1. The maximum absolute atomic E-state index is 12.0. The number of amides is 1. The van der Waals surface area contributed by atoms with E-state index in [9.17, 15) is 9.59 Å². The summed E-state index contributed by atoms with van der Waals surface area (Å²) >= 11 is 6.11. The Morgan fingerprint density at radius 3 is 2.54 bits per heavy atom. The Hall–Kier alpha value is -2.99. The number of methoxy groups -OCH3 is 2. The molecule has 0 unspecified atom stereocenters. The second kappa shape index (κ2) is 10.4. The molecule has 1 N–H and O–H groups in total. The normalized spacial score (nSPS) is 11.7. The summed E-state index contributed by atoms with van der Waals surface area (Å²) in [5, 5.41) is 3.30. The van der Waals surface area contributed by atoms with Gasteiger partial charge in [0.05, 0.1) is 20.3 Å². The predicted octanol–water partition coefficient (Wildman–Crippen LogP) is 3.79. The summed E-state index contributed by atoms with van der Waals surface area (Å²) in [6.07, 6.45) is 2.76. The van der Waals surface area contributed by atoms with Crippen LogP contribution in [0.4, 0.5) is 0 Å². The molecule has 0 fully saturated rings. The number of carbonyl (C=O) groups is 2. The lowest BCUT2D eigenvalue weighted by Gasteiger charge is -2.15. The minimum atomic E-state index is -0.648. The van der Waals surface area contributed by atoms with E-state index in [0.717, 1.165) is 5.56 Å².